The molecule has 3 nitrogen and oxygen atoms in total. The van der Waals surface area contributed by atoms with E-state index in [0.717, 1.165) is 34.5 Å². The molecule has 0 N–H and O–H groups in total. The number of hydrogen-bond acceptors (Lipinski definition) is 5. The van der Waals surface area contributed by atoms with Crippen molar-refractivity contribution in [3.8, 4) is 5.75 Å². The third kappa shape index (κ3) is 3.09. The third-order valence-electron chi connectivity index (χ3n) is 3.35. The Labute approximate surface area is 131 Å². The topological polar surface area (TPSA) is 39.2 Å². The lowest BCUT2D eigenvalue weighted by Crippen LogP contribution is -1.99. The van der Waals surface area contributed by atoms with Crippen molar-refractivity contribution >= 4 is 48.8 Å². The van der Waals surface area contributed by atoms with E-state index in [2.05, 4.69) is 22.5 Å². The number of carbonyl (C=O) groups excluding carboxylic acids is 1. The van der Waals surface area contributed by atoms with Gasteiger partial charge in [-0.2, -0.15) is 0 Å². The number of carbonyl (C=O) groups is 1. The average molecular weight is 319 g/mol. The van der Waals surface area contributed by atoms with Crippen LogP contribution in [0.3, 0.4) is 0 Å². The van der Waals surface area contributed by atoms with Gasteiger partial charge in [0, 0.05) is 17.9 Å². The first-order valence-electron chi connectivity index (χ1n) is 7.05. The summed E-state index contributed by atoms with van der Waals surface area (Å²) in [6.45, 7) is 4.32. The smallest absolute Gasteiger partial charge is 0.129 e. The number of ether oxygens (including phenoxy) is 1. The van der Waals surface area contributed by atoms with E-state index in [1.807, 2.05) is 6.92 Å². The first kappa shape index (κ1) is 14.5. The molecule has 0 bridgehead atoms. The highest BCUT2D eigenvalue weighted by molar-refractivity contribution is 7.21. The Bertz CT molecular complexity index is 788. The molecule has 3 aromatic rings. The molecule has 0 aliphatic heterocycles. The molecule has 5 heteroatoms. The number of hydrogen-bond donors (Lipinski definition) is 0. The number of unbranched alkanes of at least 4 members (excludes halogenated alkanes) is 1. The molecule has 0 spiro atoms. The molecule has 0 radical (unpaired) electrons. The van der Waals surface area contributed by atoms with Crippen LogP contribution < -0.4 is 4.74 Å². The van der Waals surface area contributed by atoms with Crippen LogP contribution in [0.2, 0.25) is 0 Å². The first-order valence-corrected chi connectivity index (χ1v) is 8.74. The molecule has 2 heterocycles. The number of aryl methyl sites for hydroxylation is 1. The normalized spacial score (nSPS) is 11.3. The minimum Gasteiger partial charge on any atom is -0.493 e. The average Bonchev–Trinajstić information content (AvgIpc) is 3.02. The van der Waals surface area contributed by atoms with Crippen molar-refractivity contribution in [3.05, 3.63) is 22.5 Å². The van der Waals surface area contributed by atoms with E-state index < -0.39 is 0 Å². The van der Waals surface area contributed by atoms with Crippen LogP contribution in [0, 0.1) is 6.92 Å². The maximum absolute atomic E-state index is 10.9. The highest BCUT2D eigenvalue weighted by atomic mass is 32.1. The van der Waals surface area contributed by atoms with Gasteiger partial charge in [-0.1, -0.05) is 0 Å². The molecule has 110 valence electrons. The molecule has 0 aliphatic rings. The molecule has 0 saturated heterocycles. The Morgan fingerprint density at radius 3 is 3.05 bits per heavy atom. The maximum Gasteiger partial charge on any atom is 0.129 e. The van der Waals surface area contributed by atoms with Crippen LogP contribution in [0.1, 0.15) is 31.2 Å². The zero-order valence-electron chi connectivity index (χ0n) is 12.1. The monoisotopic (exact) mass is 319 g/mol. The molecule has 1 aromatic carbocycles. The van der Waals surface area contributed by atoms with Crippen LogP contribution >= 0.6 is 22.7 Å². The summed E-state index contributed by atoms with van der Waals surface area (Å²) >= 11 is 3.41. The van der Waals surface area contributed by atoms with Gasteiger partial charge in [0.1, 0.15) is 11.5 Å². The lowest BCUT2D eigenvalue weighted by molar-refractivity contribution is -0.117. The summed E-state index contributed by atoms with van der Waals surface area (Å²) in [5, 5.41) is 4.31. The number of ketones is 1. The predicted octanol–water partition coefficient (Wildman–Crippen LogP) is 4.96. The molecule has 0 saturated carbocycles. The third-order valence-corrected chi connectivity index (χ3v) is 5.19. The van der Waals surface area contributed by atoms with Crippen molar-refractivity contribution < 1.29 is 9.53 Å². The fraction of sp³-hybridized carbons (Fsp3) is 0.375. The van der Waals surface area contributed by atoms with Crippen molar-refractivity contribution in [1.29, 1.82) is 0 Å². The number of aromatic nitrogens is 1. The number of rotatable bonds is 6. The van der Waals surface area contributed by atoms with E-state index >= 15 is 0 Å². The number of fused-ring (bicyclic) bond motifs is 3. The van der Waals surface area contributed by atoms with E-state index in [4.69, 9.17) is 4.74 Å². The lowest BCUT2D eigenvalue weighted by atomic mass is 10.2. The Balaban J connectivity index is 1.80. The molecule has 0 aliphatic carbocycles. The number of nitrogens with zero attached hydrogens (tertiary/aromatic N) is 1. The summed E-state index contributed by atoms with van der Waals surface area (Å²) in [5.74, 6) is 1.18. The van der Waals surface area contributed by atoms with Crippen LogP contribution in [0.15, 0.2) is 17.5 Å². The number of benzene rings is 1. The second kappa shape index (κ2) is 6.12. The largest absolute Gasteiger partial charge is 0.493 e. The molecule has 2 aromatic heterocycles. The van der Waals surface area contributed by atoms with Crippen LogP contribution in [0.25, 0.3) is 20.3 Å². The van der Waals surface area contributed by atoms with Gasteiger partial charge in [-0.15, -0.1) is 22.7 Å². The maximum atomic E-state index is 10.9. The first-order chi connectivity index (χ1) is 10.1. The summed E-state index contributed by atoms with van der Waals surface area (Å²) in [6, 6.07) is 4.19. The lowest BCUT2D eigenvalue weighted by Gasteiger charge is -2.07. The van der Waals surface area contributed by atoms with Crippen molar-refractivity contribution in [2.24, 2.45) is 0 Å². The molecular weight excluding hydrogens is 302 g/mol. The van der Waals surface area contributed by atoms with Gasteiger partial charge in [0.15, 0.2) is 0 Å². The molecule has 0 amide bonds. The fourth-order valence-electron chi connectivity index (χ4n) is 2.36. The second-order valence-electron chi connectivity index (χ2n) is 5.13. The van der Waals surface area contributed by atoms with Crippen LogP contribution in [-0.4, -0.2) is 17.4 Å². The van der Waals surface area contributed by atoms with E-state index in [9.17, 15) is 4.79 Å². The zero-order chi connectivity index (χ0) is 14.8. The highest BCUT2D eigenvalue weighted by Gasteiger charge is 2.12. The number of thiazole rings is 1. The quantitative estimate of drug-likeness (QED) is 0.603. The van der Waals surface area contributed by atoms with Gasteiger partial charge in [-0.25, -0.2) is 4.98 Å². The summed E-state index contributed by atoms with van der Waals surface area (Å²) in [4.78, 5) is 15.5. The Hall–Kier alpha value is -1.46. The van der Waals surface area contributed by atoms with Gasteiger partial charge < -0.3 is 9.53 Å². The van der Waals surface area contributed by atoms with E-state index in [-0.39, 0.29) is 5.78 Å². The van der Waals surface area contributed by atoms with E-state index in [1.54, 1.807) is 29.6 Å². The zero-order valence-corrected chi connectivity index (χ0v) is 13.8. The molecule has 0 fully saturated rings. The minimum absolute atomic E-state index is 0.247. The van der Waals surface area contributed by atoms with Crippen LogP contribution in [0.4, 0.5) is 0 Å². The van der Waals surface area contributed by atoms with Crippen molar-refractivity contribution in [1.82, 2.24) is 4.98 Å². The van der Waals surface area contributed by atoms with E-state index in [0.29, 0.717) is 13.0 Å². The van der Waals surface area contributed by atoms with Gasteiger partial charge in [0.05, 0.1) is 26.5 Å². The Morgan fingerprint density at radius 1 is 1.38 bits per heavy atom. The molecular formula is C16H17NO2S2. The molecule has 0 atom stereocenters. The van der Waals surface area contributed by atoms with E-state index in [1.165, 1.54) is 9.40 Å². The minimum atomic E-state index is 0.247. The summed E-state index contributed by atoms with van der Waals surface area (Å²) in [5.41, 5.74) is 1.09. The molecule has 0 unspecified atom stereocenters. The molecule has 21 heavy (non-hydrogen) atoms. The highest BCUT2D eigenvalue weighted by Crippen LogP contribution is 2.38. The van der Waals surface area contributed by atoms with Gasteiger partial charge >= 0.3 is 0 Å². The van der Waals surface area contributed by atoms with Gasteiger partial charge in [-0.3, -0.25) is 0 Å². The number of thiophene rings is 1. The van der Waals surface area contributed by atoms with Gasteiger partial charge in [-0.05, 0) is 38.1 Å². The Morgan fingerprint density at radius 2 is 2.24 bits per heavy atom. The summed E-state index contributed by atoms with van der Waals surface area (Å²) in [6.07, 6.45) is 2.44. The van der Waals surface area contributed by atoms with Gasteiger partial charge in [0.25, 0.3) is 0 Å². The summed E-state index contributed by atoms with van der Waals surface area (Å²) in [7, 11) is 0. The number of Topliss-reactive ketones (excluding diaryl/α,β-unsaturated/α-hetero) is 1. The second-order valence-corrected chi connectivity index (χ2v) is 7.28. The SMILES string of the molecule is CC(=O)CCCCOc1cc2sc(C)nc2c2sccc12. The van der Waals surface area contributed by atoms with Crippen molar-refractivity contribution in [2.45, 2.75) is 33.1 Å². The Kier molecular flexibility index (Phi) is 4.22. The predicted molar refractivity (Wildman–Crippen MR) is 89.8 cm³/mol. The standard InChI is InChI=1S/C16H17NO2S2/c1-10(18)5-3-4-7-19-13-9-14-15(17-11(2)21-14)16-12(13)6-8-20-16/h6,8-9H,3-5,7H2,1-2H3. The fourth-order valence-corrected chi connectivity index (χ4v) is 4.20. The van der Waals surface area contributed by atoms with Crippen molar-refractivity contribution in [2.75, 3.05) is 6.61 Å². The van der Waals surface area contributed by atoms with Gasteiger partial charge in [0.2, 0.25) is 0 Å². The van der Waals surface area contributed by atoms with Crippen LogP contribution in [-0.2, 0) is 4.79 Å². The van der Waals surface area contributed by atoms with Crippen molar-refractivity contribution in [3.63, 3.8) is 0 Å². The van der Waals surface area contributed by atoms with Crippen LogP contribution in [0.5, 0.6) is 5.75 Å². The molecule has 3 rings (SSSR count). The summed E-state index contributed by atoms with van der Waals surface area (Å²) < 4.78 is 8.34.